The highest BCUT2D eigenvalue weighted by molar-refractivity contribution is 5.53. The van der Waals surface area contributed by atoms with Crippen molar-refractivity contribution in [3.05, 3.63) is 35.4 Å². The fourth-order valence-electron chi connectivity index (χ4n) is 2.19. The maximum Gasteiger partial charge on any atom is 0.200 e. The van der Waals surface area contributed by atoms with Gasteiger partial charge < -0.3 is 29.9 Å². The fourth-order valence-corrected chi connectivity index (χ4v) is 2.19. The van der Waals surface area contributed by atoms with E-state index in [2.05, 4.69) is 0 Å². The molecule has 0 saturated heterocycles. The van der Waals surface area contributed by atoms with Crippen LogP contribution in [0, 0.1) is 0 Å². The van der Waals surface area contributed by atoms with Gasteiger partial charge in [0.2, 0.25) is 5.75 Å². The Hall–Kier alpha value is -2.76. The maximum atomic E-state index is 9.86. The highest BCUT2D eigenvalue weighted by Crippen LogP contribution is 2.38. The van der Waals surface area contributed by atoms with Crippen LogP contribution in [0.4, 0.5) is 0 Å². The average molecular weight is 306 g/mol. The first kappa shape index (κ1) is 15.6. The number of ether oxygens (including phenoxy) is 2. The van der Waals surface area contributed by atoms with Crippen LogP contribution in [0.2, 0.25) is 0 Å². The van der Waals surface area contributed by atoms with E-state index in [0.717, 1.165) is 5.56 Å². The molecule has 0 heterocycles. The van der Waals surface area contributed by atoms with Crippen molar-refractivity contribution in [1.29, 1.82) is 0 Å². The van der Waals surface area contributed by atoms with E-state index in [1.807, 2.05) is 0 Å². The van der Waals surface area contributed by atoms with Crippen LogP contribution in [0.25, 0.3) is 0 Å². The monoisotopic (exact) mass is 306 g/mol. The van der Waals surface area contributed by atoms with Crippen LogP contribution in [0.1, 0.15) is 11.1 Å². The molecule has 0 amide bonds. The second-order valence-electron chi connectivity index (χ2n) is 4.83. The van der Waals surface area contributed by atoms with Crippen LogP contribution < -0.4 is 9.47 Å². The largest absolute Gasteiger partial charge is 0.504 e. The molecule has 22 heavy (non-hydrogen) atoms. The third kappa shape index (κ3) is 3.11. The molecule has 0 spiro atoms. The van der Waals surface area contributed by atoms with E-state index >= 15 is 0 Å². The second kappa shape index (κ2) is 6.34. The molecule has 0 fully saturated rings. The van der Waals surface area contributed by atoms with Gasteiger partial charge in [0.1, 0.15) is 0 Å². The Labute approximate surface area is 127 Å². The van der Waals surface area contributed by atoms with Gasteiger partial charge in [-0.3, -0.25) is 0 Å². The molecule has 0 aliphatic rings. The van der Waals surface area contributed by atoms with E-state index in [9.17, 15) is 20.4 Å². The van der Waals surface area contributed by atoms with E-state index in [1.54, 1.807) is 12.1 Å². The number of methoxy groups -OCH3 is 2. The minimum absolute atomic E-state index is 0.0614. The highest BCUT2D eigenvalue weighted by atomic mass is 16.5. The van der Waals surface area contributed by atoms with Crippen molar-refractivity contribution in [2.24, 2.45) is 0 Å². The Balaban J connectivity index is 2.21. The Morgan fingerprint density at radius 2 is 1.09 bits per heavy atom. The first-order valence-corrected chi connectivity index (χ1v) is 6.64. The number of hydrogen-bond donors (Lipinski definition) is 4. The lowest BCUT2D eigenvalue weighted by atomic mass is 10.0. The summed E-state index contributed by atoms with van der Waals surface area (Å²) in [4.78, 5) is 0. The molecule has 0 radical (unpaired) electrons. The van der Waals surface area contributed by atoms with Gasteiger partial charge in [-0.05, 0) is 48.2 Å². The smallest absolute Gasteiger partial charge is 0.200 e. The van der Waals surface area contributed by atoms with E-state index in [-0.39, 0.29) is 17.2 Å². The number of aromatic hydroxyl groups is 4. The van der Waals surface area contributed by atoms with Crippen LogP contribution in [0.3, 0.4) is 0 Å². The van der Waals surface area contributed by atoms with Gasteiger partial charge in [0, 0.05) is 0 Å². The predicted octanol–water partition coefficient (Wildman–Crippen LogP) is 2.31. The van der Waals surface area contributed by atoms with E-state index in [4.69, 9.17) is 9.47 Å². The molecule has 6 nitrogen and oxygen atoms in total. The Kier molecular flexibility index (Phi) is 4.50. The summed E-state index contributed by atoms with van der Waals surface area (Å²) >= 11 is 0. The molecule has 2 aromatic rings. The number of benzene rings is 2. The molecule has 4 N–H and O–H groups in total. The van der Waals surface area contributed by atoms with Crippen molar-refractivity contribution in [3.8, 4) is 34.5 Å². The van der Waals surface area contributed by atoms with Gasteiger partial charge in [0.15, 0.2) is 28.7 Å². The summed E-state index contributed by atoms with van der Waals surface area (Å²) in [5, 5.41) is 38.2. The molecule has 0 aromatic heterocycles. The van der Waals surface area contributed by atoms with E-state index in [1.165, 1.54) is 26.4 Å². The van der Waals surface area contributed by atoms with Crippen molar-refractivity contribution < 1.29 is 29.9 Å². The fraction of sp³-hybridized carbons (Fsp3) is 0.250. The summed E-state index contributed by atoms with van der Waals surface area (Å²) in [6.07, 6.45) is 1.08. The molecule has 0 saturated carbocycles. The Morgan fingerprint density at radius 1 is 0.682 bits per heavy atom. The van der Waals surface area contributed by atoms with Crippen LogP contribution in [-0.4, -0.2) is 34.6 Å². The molecule has 2 aromatic carbocycles. The summed E-state index contributed by atoms with van der Waals surface area (Å²) in [6.45, 7) is 0. The molecular formula is C16H18O6. The summed E-state index contributed by atoms with van der Waals surface area (Å²) in [7, 11) is 2.91. The van der Waals surface area contributed by atoms with Crippen molar-refractivity contribution in [2.75, 3.05) is 14.2 Å². The SMILES string of the molecule is COc1cc(CCc2cc(O)c(O)c(O)c2)cc(OC)c1O. The second-order valence-corrected chi connectivity index (χ2v) is 4.83. The molecule has 2 rings (SSSR count). The molecule has 118 valence electrons. The van der Waals surface area contributed by atoms with Crippen molar-refractivity contribution in [3.63, 3.8) is 0 Å². The summed E-state index contributed by atoms with van der Waals surface area (Å²) in [6, 6.07) is 6.17. The lowest BCUT2D eigenvalue weighted by Gasteiger charge is -2.11. The Morgan fingerprint density at radius 3 is 1.50 bits per heavy atom. The number of aryl methyl sites for hydroxylation is 2. The number of phenols is 4. The van der Waals surface area contributed by atoms with Crippen molar-refractivity contribution >= 4 is 0 Å². The zero-order chi connectivity index (χ0) is 16.3. The molecule has 0 unspecified atom stereocenters. The van der Waals surface area contributed by atoms with Gasteiger partial charge in [-0.2, -0.15) is 0 Å². The van der Waals surface area contributed by atoms with Gasteiger partial charge in [0.05, 0.1) is 14.2 Å². The van der Waals surface area contributed by atoms with Crippen LogP contribution in [0.15, 0.2) is 24.3 Å². The van der Waals surface area contributed by atoms with Crippen molar-refractivity contribution in [2.45, 2.75) is 12.8 Å². The minimum Gasteiger partial charge on any atom is -0.504 e. The summed E-state index contributed by atoms with van der Waals surface area (Å²) in [5.74, 6) is -0.700. The molecule has 0 aliphatic heterocycles. The molecule has 0 atom stereocenters. The van der Waals surface area contributed by atoms with Gasteiger partial charge >= 0.3 is 0 Å². The Bertz CT molecular complexity index is 632. The average Bonchev–Trinajstić information content (AvgIpc) is 2.51. The molecular weight excluding hydrogens is 288 g/mol. The van der Waals surface area contributed by atoms with E-state index < -0.39 is 5.75 Å². The van der Waals surface area contributed by atoms with Crippen LogP contribution >= 0.6 is 0 Å². The first-order valence-electron chi connectivity index (χ1n) is 6.64. The predicted molar refractivity (Wildman–Crippen MR) is 80.1 cm³/mol. The number of phenolic OH excluding ortho intramolecular Hbond substituents is 4. The standard InChI is InChI=1S/C16H18O6/c1-21-13-7-10(8-14(22-2)16(13)20)4-3-9-5-11(17)15(19)12(18)6-9/h5-8,17-20H,3-4H2,1-2H3. The lowest BCUT2D eigenvalue weighted by Crippen LogP contribution is -1.95. The normalized spacial score (nSPS) is 10.5. The first-order chi connectivity index (χ1) is 10.5. The topological polar surface area (TPSA) is 99.4 Å². The van der Waals surface area contributed by atoms with Gasteiger partial charge in [0.25, 0.3) is 0 Å². The zero-order valence-electron chi connectivity index (χ0n) is 12.3. The number of hydrogen-bond acceptors (Lipinski definition) is 6. The van der Waals surface area contributed by atoms with Gasteiger partial charge in [-0.15, -0.1) is 0 Å². The lowest BCUT2D eigenvalue weighted by molar-refractivity contribution is 0.339. The van der Waals surface area contributed by atoms with Crippen LogP contribution in [-0.2, 0) is 12.8 Å². The summed E-state index contributed by atoms with van der Waals surface area (Å²) in [5.41, 5.74) is 1.53. The third-order valence-electron chi connectivity index (χ3n) is 3.37. The van der Waals surface area contributed by atoms with E-state index in [0.29, 0.717) is 29.9 Å². The van der Waals surface area contributed by atoms with Crippen molar-refractivity contribution in [1.82, 2.24) is 0 Å². The molecule has 0 aliphatic carbocycles. The maximum absolute atomic E-state index is 9.86. The highest BCUT2D eigenvalue weighted by Gasteiger charge is 2.12. The molecule has 6 heteroatoms. The molecule has 0 bridgehead atoms. The van der Waals surface area contributed by atoms with Crippen LogP contribution in [0.5, 0.6) is 34.5 Å². The summed E-state index contributed by atoms with van der Waals surface area (Å²) < 4.78 is 10.2. The quantitative estimate of drug-likeness (QED) is 0.633. The number of rotatable bonds is 5. The van der Waals surface area contributed by atoms with Gasteiger partial charge in [-0.25, -0.2) is 0 Å². The minimum atomic E-state index is -0.531. The zero-order valence-corrected chi connectivity index (χ0v) is 12.3. The third-order valence-corrected chi connectivity index (χ3v) is 3.37. The van der Waals surface area contributed by atoms with Gasteiger partial charge in [-0.1, -0.05) is 0 Å².